The molecule has 1 saturated heterocycles. The number of Topliss-reactive ketones (excluding diaryl/α,β-unsaturated/α-hetero) is 1. The van der Waals surface area contributed by atoms with Crippen LogP contribution in [0.15, 0.2) is 0 Å². The lowest BCUT2D eigenvalue weighted by molar-refractivity contribution is -0.119. The van der Waals surface area contributed by atoms with Crippen LogP contribution in [-0.4, -0.2) is 50.4 Å². The first-order chi connectivity index (χ1) is 8.45. The molecule has 1 N–H and O–H groups in total. The van der Waals surface area contributed by atoms with Crippen molar-refractivity contribution in [1.29, 1.82) is 0 Å². The molecule has 0 aromatic heterocycles. The number of carbonyl (C=O) groups is 1. The summed E-state index contributed by atoms with van der Waals surface area (Å²) in [6.45, 7) is 1.55. The molecule has 0 radical (unpaired) electrons. The van der Waals surface area contributed by atoms with E-state index in [1.54, 1.807) is 0 Å². The van der Waals surface area contributed by atoms with Crippen molar-refractivity contribution in [2.75, 3.05) is 25.9 Å². The fourth-order valence-corrected chi connectivity index (χ4v) is 3.38. The Morgan fingerprint density at radius 1 is 1.33 bits per heavy atom. The second kappa shape index (κ2) is 5.67. The lowest BCUT2D eigenvalue weighted by Crippen LogP contribution is -2.40. The molecule has 0 aromatic rings. The van der Waals surface area contributed by atoms with Gasteiger partial charge in [-0.25, -0.2) is 12.7 Å². The summed E-state index contributed by atoms with van der Waals surface area (Å²) in [5.74, 6) is 0.407. The highest BCUT2D eigenvalue weighted by Crippen LogP contribution is 2.22. The topological polar surface area (TPSA) is 66.5 Å². The second-order valence-corrected chi connectivity index (χ2v) is 7.51. The average molecular weight is 274 g/mol. The maximum Gasteiger partial charge on any atom is 0.211 e. The van der Waals surface area contributed by atoms with Gasteiger partial charge in [0.25, 0.3) is 0 Å². The van der Waals surface area contributed by atoms with Crippen LogP contribution in [0.3, 0.4) is 0 Å². The van der Waals surface area contributed by atoms with Crippen molar-refractivity contribution in [1.82, 2.24) is 9.62 Å². The molecule has 1 aliphatic heterocycles. The van der Waals surface area contributed by atoms with E-state index in [1.807, 2.05) is 0 Å². The Kier molecular flexibility index (Phi) is 4.40. The average Bonchev–Trinajstić information content (AvgIpc) is 3.09. The summed E-state index contributed by atoms with van der Waals surface area (Å²) in [5.41, 5.74) is 0. The Labute approximate surface area is 109 Å². The molecule has 2 aliphatic rings. The molecule has 0 spiro atoms. The van der Waals surface area contributed by atoms with E-state index in [0.29, 0.717) is 32.1 Å². The summed E-state index contributed by atoms with van der Waals surface area (Å²) in [6, 6.07) is 0.549. The van der Waals surface area contributed by atoms with Gasteiger partial charge in [-0.2, -0.15) is 0 Å². The van der Waals surface area contributed by atoms with Gasteiger partial charge in [-0.1, -0.05) is 0 Å². The zero-order valence-electron chi connectivity index (χ0n) is 10.9. The predicted octanol–water partition coefficient (Wildman–Crippen LogP) is 0.369. The van der Waals surface area contributed by atoms with Crippen LogP contribution in [0, 0.1) is 5.92 Å². The number of carbonyl (C=O) groups excluding carboxylic acids is 1. The lowest BCUT2D eigenvalue weighted by Gasteiger charge is -2.30. The van der Waals surface area contributed by atoms with E-state index < -0.39 is 10.0 Å². The molecule has 1 saturated carbocycles. The van der Waals surface area contributed by atoms with Gasteiger partial charge in [-0.3, -0.25) is 4.79 Å². The minimum absolute atomic E-state index is 0.196. The second-order valence-electron chi connectivity index (χ2n) is 5.53. The summed E-state index contributed by atoms with van der Waals surface area (Å²) in [6.07, 6.45) is 5.93. The highest BCUT2D eigenvalue weighted by Gasteiger charge is 2.27. The molecule has 18 heavy (non-hydrogen) atoms. The van der Waals surface area contributed by atoms with Crippen LogP contribution in [0.1, 0.15) is 32.1 Å². The first-order valence-electron chi connectivity index (χ1n) is 6.65. The SMILES string of the molecule is CS(=O)(=O)N1CCCC(CC(=O)CNC2CC2)C1. The molecule has 1 unspecified atom stereocenters. The predicted molar refractivity (Wildman–Crippen MR) is 69.8 cm³/mol. The summed E-state index contributed by atoms with van der Waals surface area (Å²) in [4.78, 5) is 11.8. The number of piperidine rings is 1. The van der Waals surface area contributed by atoms with Crippen molar-refractivity contribution in [2.45, 2.75) is 38.1 Å². The van der Waals surface area contributed by atoms with Gasteiger partial charge in [0, 0.05) is 25.6 Å². The van der Waals surface area contributed by atoms with Crippen LogP contribution >= 0.6 is 0 Å². The summed E-state index contributed by atoms with van der Waals surface area (Å²) in [7, 11) is -3.10. The Hall–Kier alpha value is -0.460. The van der Waals surface area contributed by atoms with Crippen molar-refractivity contribution in [3.8, 4) is 0 Å². The van der Waals surface area contributed by atoms with Crippen molar-refractivity contribution in [3.63, 3.8) is 0 Å². The highest BCUT2D eigenvalue weighted by molar-refractivity contribution is 7.88. The maximum atomic E-state index is 11.8. The molecule has 0 bridgehead atoms. The van der Waals surface area contributed by atoms with E-state index in [-0.39, 0.29) is 11.7 Å². The third-order valence-electron chi connectivity index (χ3n) is 3.63. The van der Waals surface area contributed by atoms with E-state index in [2.05, 4.69) is 5.32 Å². The van der Waals surface area contributed by atoms with Crippen LogP contribution < -0.4 is 5.32 Å². The van der Waals surface area contributed by atoms with Crippen LogP contribution in [0.25, 0.3) is 0 Å². The van der Waals surface area contributed by atoms with Crippen LogP contribution in [0.5, 0.6) is 0 Å². The van der Waals surface area contributed by atoms with E-state index in [0.717, 1.165) is 12.8 Å². The number of nitrogens with zero attached hydrogens (tertiary/aromatic N) is 1. The third kappa shape index (κ3) is 4.33. The highest BCUT2D eigenvalue weighted by atomic mass is 32.2. The van der Waals surface area contributed by atoms with Crippen LogP contribution in [0.2, 0.25) is 0 Å². The minimum Gasteiger partial charge on any atom is -0.307 e. The molecule has 104 valence electrons. The number of nitrogens with one attached hydrogen (secondary N) is 1. The smallest absolute Gasteiger partial charge is 0.211 e. The van der Waals surface area contributed by atoms with Gasteiger partial charge >= 0.3 is 0 Å². The quantitative estimate of drug-likeness (QED) is 0.760. The van der Waals surface area contributed by atoms with E-state index in [9.17, 15) is 13.2 Å². The minimum atomic E-state index is -3.10. The standard InChI is InChI=1S/C12H22N2O3S/c1-18(16,17)14-6-2-3-10(9-14)7-12(15)8-13-11-4-5-11/h10-11,13H,2-9H2,1H3. The molecule has 1 atom stereocenters. The van der Waals surface area contributed by atoms with E-state index >= 15 is 0 Å². The molecule has 2 fully saturated rings. The summed E-state index contributed by atoms with van der Waals surface area (Å²) in [5, 5.41) is 3.21. The molecule has 0 aromatic carbocycles. The van der Waals surface area contributed by atoms with Gasteiger partial charge in [0.1, 0.15) is 5.78 Å². The summed E-state index contributed by atoms with van der Waals surface area (Å²) >= 11 is 0. The largest absolute Gasteiger partial charge is 0.307 e. The van der Waals surface area contributed by atoms with Crippen molar-refractivity contribution in [3.05, 3.63) is 0 Å². The molecular weight excluding hydrogens is 252 g/mol. The van der Waals surface area contributed by atoms with Gasteiger partial charge in [-0.15, -0.1) is 0 Å². The third-order valence-corrected chi connectivity index (χ3v) is 4.90. The zero-order valence-corrected chi connectivity index (χ0v) is 11.7. The Morgan fingerprint density at radius 3 is 2.67 bits per heavy atom. The number of ketones is 1. The maximum absolute atomic E-state index is 11.8. The molecule has 0 amide bonds. The van der Waals surface area contributed by atoms with E-state index in [1.165, 1.54) is 23.4 Å². The first kappa shape index (κ1) is 14.0. The van der Waals surface area contributed by atoms with Crippen molar-refractivity contribution >= 4 is 15.8 Å². The first-order valence-corrected chi connectivity index (χ1v) is 8.50. The summed E-state index contributed by atoms with van der Waals surface area (Å²) < 4.78 is 24.4. The molecule has 1 heterocycles. The Bertz CT molecular complexity index is 404. The van der Waals surface area contributed by atoms with Crippen molar-refractivity contribution in [2.24, 2.45) is 5.92 Å². The van der Waals surface area contributed by atoms with Gasteiger partial charge in [0.05, 0.1) is 12.8 Å². The molecule has 1 aliphatic carbocycles. The van der Waals surface area contributed by atoms with Gasteiger partial charge in [0.2, 0.25) is 10.0 Å². The lowest BCUT2D eigenvalue weighted by atomic mass is 9.94. The number of hydrogen-bond acceptors (Lipinski definition) is 4. The van der Waals surface area contributed by atoms with E-state index in [4.69, 9.17) is 0 Å². The number of sulfonamides is 1. The molecule has 2 rings (SSSR count). The van der Waals surface area contributed by atoms with Crippen molar-refractivity contribution < 1.29 is 13.2 Å². The van der Waals surface area contributed by atoms with Crippen LogP contribution in [-0.2, 0) is 14.8 Å². The van der Waals surface area contributed by atoms with Crippen LogP contribution in [0.4, 0.5) is 0 Å². The Balaban J connectivity index is 1.76. The monoisotopic (exact) mass is 274 g/mol. The van der Waals surface area contributed by atoms with Gasteiger partial charge < -0.3 is 5.32 Å². The molecule has 6 heteroatoms. The normalized spacial score (nSPS) is 26.2. The fraction of sp³-hybridized carbons (Fsp3) is 0.917. The zero-order chi connectivity index (χ0) is 13.2. The number of rotatable bonds is 6. The van der Waals surface area contributed by atoms with Gasteiger partial charge in [-0.05, 0) is 31.6 Å². The fourth-order valence-electron chi connectivity index (χ4n) is 2.43. The molecule has 5 nitrogen and oxygen atoms in total. The molecular formula is C12H22N2O3S. The van der Waals surface area contributed by atoms with Gasteiger partial charge in [0.15, 0.2) is 0 Å². The number of hydrogen-bond donors (Lipinski definition) is 1. The Morgan fingerprint density at radius 2 is 2.06 bits per heavy atom.